The third-order valence-corrected chi connectivity index (χ3v) is 5.15. The fourth-order valence-corrected chi connectivity index (χ4v) is 3.78. The zero-order valence-corrected chi connectivity index (χ0v) is 14.7. The molecule has 0 aliphatic carbocycles. The molecule has 1 amide bonds. The Hall–Kier alpha value is -3.06. The zero-order chi connectivity index (χ0) is 17.9. The number of carbonyl (C=O) groups excluding carboxylic acids is 1. The van der Waals surface area contributed by atoms with Gasteiger partial charge in [-0.2, -0.15) is 5.10 Å². The number of thiazole rings is 1. The molecule has 4 aromatic rings. The topological polar surface area (TPSA) is 76.9 Å². The number of amides is 1. The summed E-state index contributed by atoms with van der Waals surface area (Å²) in [5.74, 6) is -0.146. The van der Waals surface area contributed by atoms with Crippen LogP contribution in [0, 0.1) is 0 Å². The van der Waals surface area contributed by atoms with Crippen molar-refractivity contribution in [3.63, 3.8) is 0 Å². The fraction of sp³-hybridized carbons (Fsp3) is 0.158. The molecule has 2 aromatic heterocycles. The number of nitrogens with one attached hydrogen (secondary N) is 1. The lowest BCUT2D eigenvalue weighted by Gasteiger charge is -2.09. The lowest BCUT2D eigenvalue weighted by molar-refractivity contribution is -0.121. The fourth-order valence-electron chi connectivity index (χ4n) is 2.81. The summed E-state index contributed by atoms with van der Waals surface area (Å²) in [4.78, 5) is 28.6. The van der Waals surface area contributed by atoms with E-state index in [1.807, 2.05) is 30.3 Å². The summed E-state index contributed by atoms with van der Waals surface area (Å²) in [5.41, 5.74) is 1.50. The minimum absolute atomic E-state index is 0.0701. The summed E-state index contributed by atoms with van der Waals surface area (Å²) < 4.78 is 2.70. The number of hydrogen-bond donors (Lipinski definition) is 1. The SMILES string of the molecule is O=C(Cn1ncc(=O)c2ccccc21)NCCc1nc2ccccc2s1. The monoisotopic (exact) mass is 364 g/mol. The normalized spacial score (nSPS) is 11.1. The molecular weight excluding hydrogens is 348 g/mol. The van der Waals surface area contributed by atoms with E-state index < -0.39 is 0 Å². The van der Waals surface area contributed by atoms with Crippen LogP contribution in [-0.2, 0) is 17.8 Å². The first-order chi connectivity index (χ1) is 12.7. The van der Waals surface area contributed by atoms with Crippen LogP contribution in [0.25, 0.3) is 21.1 Å². The zero-order valence-electron chi connectivity index (χ0n) is 13.9. The van der Waals surface area contributed by atoms with E-state index in [9.17, 15) is 9.59 Å². The molecule has 7 heteroatoms. The lowest BCUT2D eigenvalue weighted by atomic mass is 10.2. The first-order valence-corrected chi connectivity index (χ1v) is 9.08. The van der Waals surface area contributed by atoms with Crippen LogP contribution in [0.4, 0.5) is 0 Å². The van der Waals surface area contributed by atoms with E-state index in [-0.39, 0.29) is 17.9 Å². The molecule has 0 aliphatic rings. The highest BCUT2D eigenvalue weighted by Crippen LogP contribution is 2.21. The average Bonchev–Trinajstić information content (AvgIpc) is 3.07. The second kappa shape index (κ2) is 7.05. The molecule has 0 radical (unpaired) electrons. The molecule has 4 rings (SSSR count). The Morgan fingerprint density at radius 1 is 1.12 bits per heavy atom. The molecule has 0 spiro atoms. The number of nitrogens with zero attached hydrogens (tertiary/aromatic N) is 3. The first kappa shape index (κ1) is 16.4. The van der Waals surface area contributed by atoms with Gasteiger partial charge in [-0.3, -0.25) is 14.3 Å². The highest BCUT2D eigenvalue weighted by molar-refractivity contribution is 7.18. The van der Waals surface area contributed by atoms with Gasteiger partial charge in [-0.05, 0) is 24.3 Å². The molecule has 2 aromatic carbocycles. The van der Waals surface area contributed by atoms with Gasteiger partial charge < -0.3 is 5.32 Å². The van der Waals surface area contributed by atoms with Gasteiger partial charge in [0, 0.05) is 18.4 Å². The highest BCUT2D eigenvalue weighted by atomic mass is 32.1. The van der Waals surface area contributed by atoms with Crippen LogP contribution in [0.15, 0.2) is 59.5 Å². The van der Waals surface area contributed by atoms with E-state index in [1.54, 1.807) is 34.2 Å². The van der Waals surface area contributed by atoms with Crippen LogP contribution in [0.2, 0.25) is 0 Å². The van der Waals surface area contributed by atoms with Crippen molar-refractivity contribution in [1.29, 1.82) is 0 Å². The van der Waals surface area contributed by atoms with Crippen LogP contribution < -0.4 is 10.7 Å². The van der Waals surface area contributed by atoms with Crippen LogP contribution in [-0.4, -0.2) is 27.2 Å². The van der Waals surface area contributed by atoms with Crippen molar-refractivity contribution in [2.45, 2.75) is 13.0 Å². The Kier molecular flexibility index (Phi) is 4.45. The molecule has 0 saturated heterocycles. The molecule has 0 saturated carbocycles. The minimum atomic E-state index is -0.146. The second-order valence-electron chi connectivity index (χ2n) is 5.86. The van der Waals surface area contributed by atoms with Crippen molar-refractivity contribution in [2.24, 2.45) is 0 Å². The summed E-state index contributed by atoms with van der Waals surface area (Å²) in [6.45, 7) is 0.581. The third-order valence-electron chi connectivity index (χ3n) is 4.05. The standard InChI is InChI=1S/C19H16N4O2S/c24-16-11-21-23(15-7-3-1-5-13(15)16)12-18(25)20-10-9-19-22-14-6-2-4-8-17(14)26-19/h1-8,11H,9-10,12H2,(H,20,25). The second-order valence-corrected chi connectivity index (χ2v) is 6.97. The van der Waals surface area contributed by atoms with Gasteiger partial charge in [-0.25, -0.2) is 4.98 Å². The quantitative estimate of drug-likeness (QED) is 0.590. The van der Waals surface area contributed by atoms with E-state index in [1.165, 1.54) is 6.20 Å². The first-order valence-electron chi connectivity index (χ1n) is 8.27. The Balaban J connectivity index is 1.40. The van der Waals surface area contributed by atoms with E-state index in [0.29, 0.717) is 23.9 Å². The van der Waals surface area contributed by atoms with Gasteiger partial charge in [0.25, 0.3) is 0 Å². The lowest BCUT2D eigenvalue weighted by Crippen LogP contribution is -2.30. The number of para-hydroxylation sites is 2. The maximum Gasteiger partial charge on any atom is 0.241 e. The molecule has 0 aliphatic heterocycles. The maximum absolute atomic E-state index is 12.2. The van der Waals surface area contributed by atoms with Crippen molar-refractivity contribution < 1.29 is 4.79 Å². The van der Waals surface area contributed by atoms with Crippen molar-refractivity contribution >= 4 is 38.4 Å². The van der Waals surface area contributed by atoms with E-state index >= 15 is 0 Å². The van der Waals surface area contributed by atoms with Crippen LogP contribution in [0.3, 0.4) is 0 Å². The number of carbonyl (C=O) groups is 1. The van der Waals surface area contributed by atoms with Crippen molar-refractivity contribution in [3.8, 4) is 0 Å². The maximum atomic E-state index is 12.2. The number of benzene rings is 2. The van der Waals surface area contributed by atoms with Gasteiger partial charge in [0.05, 0.1) is 26.9 Å². The molecule has 0 atom stereocenters. The highest BCUT2D eigenvalue weighted by Gasteiger charge is 2.08. The van der Waals surface area contributed by atoms with Crippen molar-refractivity contribution in [3.05, 3.63) is 70.0 Å². The van der Waals surface area contributed by atoms with Gasteiger partial charge >= 0.3 is 0 Å². The predicted molar refractivity (Wildman–Crippen MR) is 102 cm³/mol. The van der Waals surface area contributed by atoms with Crippen LogP contribution in [0.5, 0.6) is 0 Å². The molecule has 26 heavy (non-hydrogen) atoms. The van der Waals surface area contributed by atoms with Gasteiger partial charge in [0.2, 0.25) is 11.3 Å². The Morgan fingerprint density at radius 2 is 1.92 bits per heavy atom. The van der Waals surface area contributed by atoms with Crippen LogP contribution in [0.1, 0.15) is 5.01 Å². The third kappa shape index (κ3) is 3.34. The molecule has 2 heterocycles. The molecular formula is C19H16N4O2S. The summed E-state index contributed by atoms with van der Waals surface area (Å²) in [7, 11) is 0. The van der Waals surface area contributed by atoms with Gasteiger partial charge in [0.1, 0.15) is 6.54 Å². The van der Waals surface area contributed by atoms with Crippen molar-refractivity contribution in [1.82, 2.24) is 20.1 Å². The van der Waals surface area contributed by atoms with E-state index in [2.05, 4.69) is 15.4 Å². The number of fused-ring (bicyclic) bond motifs is 2. The molecule has 0 bridgehead atoms. The van der Waals surface area contributed by atoms with E-state index in [4.69, 9.17) is 0 Å². The summed E-state index contributed by atoms with van der Waals surface area (Å²) >= 11 is 1.64. The van der Waals surface area contributed by atoms with Gasteiger partial charge in [0.15, 0.2) is 0 Å². The number of rotatable bonds is 5. The summed E-state index contributed by atoms with van der Waals surface area (Å²) in [5, 5.41) is 8.53. The predicted octanol–water partition coefficient (Wildman–Crippen LogP) is 2.37. The molecule has 130 valence electrons. The number of aromatic nitrogens is 3. The summed E-state index contributed by atoms with van der Waals surface area (Å²) in [6.07, 6.45) is 1.93. The minimum Gasteiger partial charge on any atom is -0.354 e. The molecule has 0 fully saturated rings. The Bertz CT molecular complexity index is 1120. The molecule has 0 unspecified atom stereocenters. The Labute approximate surface area is 153 Å². The van der Waals surface area contributed by atoms with E-state index in [0.717, 1.165) is 15.2 Å². The molecule has 1 N–H and O–H groups in total. The molecule has 6 nitrogen and oxygen atoms in total. The van der Waals surface area contributed by atoms with Crippen molar-refractivity contribution in [2.75, 3.05) is 6.54 Å². The Morgan fingerprint density at radius 3 is 2.81 bits per heavy atom. The summed E-state index contributed by atoms with van der Waals surface area (Å²) in [6, 6.07) is 15.1. The average molecular weight is 364 g/mol. The van der Waals surface area contributed by atoms with Gasteiger partial charge in [-0.1, -0.05) is 24.3 Å². The van der Waals surface area contributed by atoms with Gasteiger partial charge in [-0.15, -0.1) is 11.3 Å². The number of hydrogen-bond acceptors (Lipinski definition) is 5. The smallest absolute Gasteiger partial charge is 0.241 e. The largest absolute Gasteiger partial charge is 0.354 e. The van der Waals surface area contributed by atoms with Crippen LogP contribution >= 0.6 is 11.3 Å².